The normalized spacial score (nSPS) is 10.8. The van der Waals surface area contributed by atoms with Crippen LogP contribution in [0, 0.1) is 18.7 Å². The van der Waals surface area contributed by atoms with Crippen LogP contribution in [0.25, 0.3) is 0 Å². The third-order valence-corrected chi connectivity index (χ3v) is 3.98. The third-order valence-electron chi connectivity index (χ3n) is 2.89. The van der Waals surface area contributed by atoms with Crippen LogP contribution in [0.4, 0.5) is 9.52 Å². The summed E-state index contributed by atoms with van der Waals surface area (Å²) in [5.74, 6) is -0.296. The minimum Gasteiger partial charge on any atom is -0.461 e. The van der Waals surface area contributed by atoms with Crippen molar-refractivity contribution in [1.29, 1.82) is 0 Å². The zero-order valence-electron chi connectivity index (χ0n) is 12.9. The van der Waals surface area contributed by atoms with Crippen LogP contribution >= 0.6 is 11.3 Å². The summed E-state index contributed by atoms with van der Waals surface area (Å²) in [6, 6.07) is 6.25. The standard InChI is InChI=1S/C16H19FN2O2S/c1-10(2)9-21-15(20)14-11(3)19-16(22-14)18-8-12-4-6-13(17)7-5-12/h4-7,10H,8-9H2,1-3H3,(H,18,19). The summed E-state index contributed by atoms with van der Waals surface area (Å²) in [6.45, 7) is 6.68. The molecule has 0 radical (unpaired) electrons. The molecule has 22 heavy (non-hydrogen) atoms. The van der Waals surface area contributed by atoms with Gasteiger partial charge in [0.25, 0.3) is 0 Å². The highest BCUT2D eigenvalue weighted by Gasteiger charge is 2.17. The minimum atomic E-state index is -0.335. The van der Waals surface area contributed by atoms with Crippen LogP contribution < -0.4 is 5.32 Å². The van der Waals surface area contributed by atoms with E-state index in [-0.39, 0.29) is 11.8 Å². The van der Waals surface area contributed by atoms with Crippen molar-refractivity contribution >= 4 is 22.4 Å². The number of anilines is 1. The summed E-state index contributed by atoms with van der Waals surface area (Å²) >= 11 is 1.27. The number of carbonyl (C=O) groups is 1. The first-order chi connectivity index (χ1) is 10.5. The van der Waals surface area contributed by atoms with Gasteiger partial charge in [-0.2, -0.15) is 0 Å². The van der Waals surface area contributed by atoms with Crippen LogP contribution in [0.3, 0.4) is 0 Å². The second-order valence-corrected chi connectivity index (χ2v) is 6.40. The van der Waals surface area contributed by atoms with Crippen molar-refractivity contribution in [2.45, 2.75) is 27.3 Å². The highest BCUT2D eigenvalue weighted by molar-refractivity contribution is 7.17. The topological polar surface area (TPSA) is 51.2 Å². The van der Waals surface area contributed by atoms with Crippen molar-refractivity contribution in [3.05, 3.63) is 46.2 Å². The molecule has 0 aliphatic rings. The Kier molecular flexibility index (Phi) is 5.49. The fourth-order valence-corrected chi connectivity index (χ4v) is 2.61. The molecule has 0 fully saturated rings. The molecule has 0 aliphatic heterocycles. The second kappa shape index (κ2) is 7.35. The van der Waals surface area contributed by atoms with Gasteiger partial charge in [-0.05, 0) is 30.5 Å². The molecule has 0 unspecified atom stereocenters. The summed E-state index contributed by atoms with van der Waals surface area (Å²) in [5, 5.41) is 3.79. The molecular weight excluding hydrogens is 303 g/mol. The van der Waals surface area contributed by atoms with E-state index in [0.717, 1.165) is 5.56 Å². The smallest absolute Gasteiger partial charge is 0.350 e. The van der Waals surface area contributed by atoms with Crippen LogP contribution in [0.5, 0.6) is 0 Å². The van der Waals surface area contributed by atoms with Gasteiger partial charge in [-0.15, -0.1) is 0 Å². The molecule has 0 aliphatic carbocycles. The number of ether oxygens (including phenoxy) is 1. The van der Waals surface area contributed by atoms with E-state index in [4.69, 9.17) is 4.74 Å². The molecule has 4 nitrogen and oxygen atoms in total. The zero-order valence-corrected chi connectivity index (χ0v) is 13.7. The fraction of sp³-hybridized carbons (Fsp3) is 0.375. The number of aryl methyl sites for hydroxylation is 1. The van der Waals surface area contributed by atoms with E-state index in [9.17, 15) is 9.18 Å². The molecule has 0 bridgehead atoms. The highest BCUT2D eigenvalue weighted by Crippen LogP contribution is 2.24. The summed E-state index contributed by atoms with van der Waals surface area (Å²) in [6.07, 6.45) is 0. The Labute approximate surface area is 133 Å². The number of benzene rings is 1. The Hall–Kier alpha value is -1.95. The number of hydrogen-bond acceptors (Lipinski definition) is 5. The van der Waals surface area contributed by atoms with Crippen molar-refractivity contribution < 1.29 is 13.9 Å². The molecule has 1 aromatic heterocycles. The number of rotatable bonds is 6. The van der Waals surface area contributed by atoms with Gasteiger partial charge in [-0.1, -0.05) is 37.3 Å². The van der Waals surface area contributed by atoms with Gasteiger partial charge in [0.15, 0.2) is 5.13 Å². The molecule has 0 saturated carbocycles. The summed E-state index contributed by atoms with van der Waals surface area (Å²) < 4.78 is 18.1. The molecule has 118 valence electrons. The van der Waals surface area contributed by atoms with E-state index >= 15 is 0 Å². The monoisotopic (exact) mass is 322 g/mol. The van der Waals surface area contributed by atoms with Crippen LogP contribution in [0.2, 0.25) is 0 Å². The van der Waals surface area contributed by atoms with E-state index in [2.05, 4.69) is 10.3 Å². The van der Waals surface area contributed by atoms with Crippen LogP contribution in [0.15, 0.2) is 24.3 Å². The number of carbonyl (C=O) groups excluding carboxylic acids is 1. The lowest BCUT2D eigenvalue weighted by atomic mass is 10.2. The quantitative estimate of drug-likeness (QED) is 0.816. The Morgan fingerprint density at radius 3 is 2.68 bits per heavy atom. The van der Waals surface area contributed by atoms with Gasteiger partial charge in [0.2, 0.25) is 0 Å². The van der Waals surface area contributed by atoms with Gasteiger partial charge in [0.05, 0.1) is 12.3 Å². The number of nitrogens with zero attached hydrogens (tertiary/aromatic N) is 1. The van der Waals surface area contributed by atoms with E-state index in [1.807, 2.05) is 13.8 Å². The Morgan fingerprint density at radius 2 is 2.05 bits per heavy atom. The molecule has 0 spiro atoms. The van der Waals surface area contributed by atoms with Gasteiger partial charge in [-0.25, -0.2) is 14.2 Å². The lowest BCUT2D eigenvalue weighted by Crippen LogP contribution is -2.09. The predicted molar refractivity (Wildman–Crippen MR) is 85.7 cm³/mol. The largest absolute Gasteiger partial charge is 0.461 e. The maximum absolute atomic E-state index is 12.8. The first-order valence-corrected chi connectivity index (χ1v) is 7.90. The SMILES string of the molecule is Cc1nc(NCc2ccc(F)cc2)sc1C(=O)OCC(C)C. The number of hydrogen-bond donors (Lipinski definition) is 1. The van der Waals surface area contributed by atoms with Gasteiger partial charge < -0.3 is 10.1 Å². The average Bonchev–Trinajstić information content (AvgIpc) is 2.85. The van der Waals surface area contributed by atoms with Crippen LogP contribution in [-0.2, 0) is 11.3 Å². The van der Waals surface area contributed by atoms with Crippen molar-refractivity contribution in [3.63, 3.8) is 0 Å². The zero-order chi connectivity index (χ0) is 16.1. The Bertz CT molecular complexity index is 638. The molecule has 1 N–H and O–H groups in total. The van der Waals surface area contributed by atoms with Crippen molar-refractivity contribution in [2.24, 2.45) is 5.92 Å². The summed E-state index contributed by atoms with van der Waals surface area (Å²) in [4.78, 5) is 16.8. The number of esters is 1. The van der Waals surface area contributed by atoms with Gasteiger partial charge >= 0.3 is 5.97 Å². The molecule has 0 atom stereocenters. The number of nitrogens with one attached hydrogen (secondary N) is 1. The number of aromatic nitrogens is 1. The molecule has 2 rings (SSSR count). The molecule has 1 aromatic carbocycles. The van der Waals surface area contributed by atoms with Gasteiger partial charge in [-0.3, -0.25) is 0 Å². The maximum Gasteiger partial charge on any atom is 0.350 e. The molecule has 2 aromatic rings. The average molecular weight is 322 g/mol. The van der Waals surface area contributed by atoms with E-state index in [1.165, 1.54) is 23.5 Å². The van der Waals surface area contributed by atoms with Crippen molar-refractivity contribution in [3.8, 4) is 0 Å². The fourth-order valence-electron chi connectivity index (χ4n) is 1.75. The van der Waals surface area contributed by atoms with Crippen molar-refractivity contribution in [2.75, 3.05) is 11.9 Å². The molecule has 6 heteroatoms. The first kappa shape index (κ1) is 16.4. The Balaban J connectivity index is 1.97. The summed E-state index contributed by atoms with van der Waals surface area (Å²) in [7, 11) is 0. The number of halogens is 1. The predicted octanol–water partition coefficient (Wildman–Crippen LogP) is 4.02. The van der Waals surface area contributed by atoms with Crippen molar-refractivity contribution in [1.82, 2.24) is 4.98 Å². The molecule has 0 amide bonds. The maximum atomic E-state index is 12.8. The third kappa shape index (κ3) is 4.53. The first-order valence-electron chi connectivity index (χ1n) is 7.08. The number of thiazole rings is 1. The Morgan fingerprint density at radius 1 is 1.36 bits per heavy atom. The molecular formula is C16H19FN2O2S. The minimum absolute atomic E-state index is 0.260. The van der Waals surface area contributed by atoms with Crippen LogP contribution in [-0.4, -0.2) is 17.6 Å². The van der Waals surface area contributed by atoms with E-state index < -0.39 is 0 Å². The highest BCUT2D eigenvalue weighted by atomic mass is 32.1. The van der Waals surface area contributed by atoms with Gasteiger partial charge in [0, 0.05) is 6.54 Å². The van der Waals surface area contributed by atoms with Gasteiger partial charge in [0.1, 0.15) is 10.7 Å². The van der Waals surface area contributed by atoms with E-state index in [0.29, 0.717) is 34.8 Å². The summed E-state index contributed by atoms with van der Waals surface area (Å²) in [5.41, 5.74) is 1.60. The molecule has 0 saturated heterocycles. The lowest BCUT2D eigenvalue weighted by molar-refractivity contribution is 0.0463. The second-order valence-electron chi connectivity index (χ2n) is 5.41. The lowest BCUT2D eigenvalue weighted by Gasteiger charge is -2.05. The van der Waals surface area contributed by atoms with E-state index in [1.54, 1.807) is 19.1 Å². The molecule has 1 heterocycles. The van der Waals surface area contributed by atoms with Crippen LogP contribution in [0.1, 0.15) is 34.8 Å².